The zero-order valence-corrected chi connectivity index (χ0v) is 12.8. The van der Waals surface area contributed by atoms with Gasteiger partial charge < -0.3 is 15.1 Å². The van der Waals surface area contributed by atoms with E-state index in [1.807, 2.05) is 34.5 Å². The summed E-state index contributed by atoms with van der Waals surface area (Å²) in [5.74, 6) is 0.839. The second-order valence-electron chi connectivity index (χ2n) is 5.68. The molecule has 4 nitrogen and oxygen atoms in total. The van der Waals surface area contributed by atoms with Crippen LogP contribution in [0.15, 0.2) is 40.3 Å². The van der Waals surface area contributed by atoms with Crippen molar-refractivity contribution in [2.45, 2.75) is 44.3 Å². The van der Waals surface area contributed by atoms with Crippen LogP contribution in [0.2, 0.25) is 0 Å². The molecule has 3 rings (SSSR count). The quantitative estimate of drug-likeness (QED) is 0.923. The van der Waals surface area contributed by atoms with Crippen molar-refractivity contribution >= 4 is 17.2 Å². The van der Waals surface area contributed by atoms with E-state index in [1.54, 1.807) is 17.6 Å². The first-order valence-corrected chi connectivity index (χ1v) is 8.18. The summed E-state index contributed by atoms with van der Waals surface area (Å²) in [6.45, 7) is 1.07. The van der Waals surface area contributed by atoms with Crippen LogP contribution in [-0.2, 0) is 17.9 Å². The summed E-state index contributed by atoms with van der Waals surface area (Å²) in [6.07, 6.45) is 5.28. The van der Waals surface area contributed by atoms with E-state index in [1.165, 1.54) is 0 Å². The number of amides is 1. The van der Waals surface area contributed by atoms with Gasteiger partial charge in [0.05, 0.1) is 24.9 Å². The van der Waals surface area contributed by atoms with E-state index in [9.17, 15) is 4.79 Å². The fraction of sp³-hybridized carbons (Fsp3) is 0.438. The number of nitrogens with zero attached hydrogens (tertiary/aromatic N) is 1. The highest BCUT2D eigenvalue weighted by atomic mass is 32.1. The molecule has 2 N–H and O–H groups in total. The van der Waals surface area contributed by atoms with Gasteiger partial charge in [-0.1, -0.05) is 18.9 Å². The number of carbonyl (C=O) groups excluding carboxylic acids is 1. The standard InChI is InChI=1S/C16H20N2O2S/c17-16(7-1-2-8-16)15(19)18(11-13-5-3-9-20-13)12-14-6-4-10-21-14/h3-6,9-10H,1-2,7-8,11-12,17H2. The molecule has 0 atom stereocenters. The van der Waals surface area contributed by atoms with E-state index >= 15 is 0 Å². The van der Waals surface area contributed by atoms with E-state index in [4.69, 9.17) is 10.2 Å². The second kappa shape index (κ2) is 6.03. The first kappa shape index (κ1) is 14.4. The molecule has 0 saturated heterocycles. The predicted octanol–water partition coefficient (Wildman–Crippen LogP) is 3.14. The van der Waals surface area contributed by atoms with Gasteiger partial charge in [0.15, 0.2) is 0 Å². The first-order valence-electron chi connectivity index (χ1n) is 7.30. The SMILES string of the molecule is NC1(C(=O)N(Cc2ccco2)Cc2cccs2)CCCC1. The van der Waals surface area contributed by atoms with Crippen LogP contribution in [0, 0.1) is 0 Å². The Hall–Kier alpha value is -1.59. The summed E-state index contributed by atoms with van der Waals surface area (Å²) in [4.78, 5) is 15.9. The highest BCUT2D eigenvalue weighted by Crippen LogP contribution is 2.30. The Morgan fingerprint density at radius 1 is 1.29 bits per heavy atom. The lowest BCUT2D eigenvalue weighted by atomic mass is 9.97. The molecule has 2 aromatic heterocycles. The van der Waals surface area contributed by atoms with Crippen molar-refractivity contribution < 1.29 is 9.21 Å². The third kappa shape index (κ3) is 3.19. The van der Waals surface area contributed by atoms with Crippen LogP contribution >= 0.6 is 11.3 Å². The second-order valence-corrected chi connectivity index (χ2v) is 6.72. The van der Waals surface area contributed by atoms with Crippen LogP contribution < -0.4 is 5.73 Å². The van der Waals surface area contributed by atoms with Gasteiger partial charge in [0.25, 0.3) is 0 Å². The zero-order chi connectivity index (χ0) is 14.7. The fourth-order valence-electron chi connectivity index (χ4n) is 2.92. The highest BCUT2D eigenvalue weighted by Gasteiger charge is 2.40. The molecular formula is C16H20N2O2S. The lowest BCUT2D eigenvalue weighted by Gasteiger charge is -2.30. The predicted molar refractivity (Wildman–Crippen MR) is 82.7 cm³/mol. The van der Waals surface area contributed by atoms with Gasteiger partial charge in [-0.25, -0.2) is 0 Å². The summed E-state index contributed by atoms with van der Waals surface area (Å²) in [6, 6.07) is 7.79. The maximum Gasteiger partial charge on any atom is 0.243 e. The largest absolute Gasteiger partial charge is 0.467 e. The Balaban J connectivity index is 1.79. The van der Waals surface area contributed by atoms with Gasteiger partial charge in [-0.2, -0.15) is 0 Å². The van der Waals surface area contributed by atoms with Crippen molar-refractivity contribution in [3.05, 3.63) is 46.5 Å². The summed E-state index contributed by atoms with van der Waals surface area (Å²) >= 11 is 1.66. The maximum absolute atomic E-state index is 12.9. The molecule has 1 aliphatic carbocycles. The van der Waals surface area contributed by atoms with E-state index in [0.29, 0.717) is 13.1 Å². The van der Waals surface area contributed by atoms with Gasteiger partial charge in [0.2, 0.25) is 5.91 Å². The molecule has 1 amide bonds. The summed E-state index contributed by atoms with van der Waals surface area (Å²) in [7, 11) is 0. The molecule has 2 heterocycles. The van der Waals surface area contributed by atoms with Gasteiger partial charge in [0.1, 0.15) is 5.76 Å². The van der Waals surface area contributed by atoms with Gasteiger partial charge in [-0.05, 0) is 36.4 Å². The number of furan rings is 1. The van der Waals surface area contributed by atoms with Gasteiger partial charge in [-0.3, -0.25) is 4.79 Å². The van der Waals surface area contributed by atoms with Crippen LogP contribution in [-0.4, -0.2) is 16.3 Å². The molecule has 0 unspecified atom stereocenters. The zero-order valence-electron chi connectivity index (χ0n) is 12.0. The third-order valence-corrected chi connectivity index (χ3v) is 4.92. The number of rotatable bonds is 5. The minimum absolute atomic E-state index is 0.0461. The average molecular weight is 304 g/mol. The fourth-order valence-corrected chi connectivity index (χ4v) is 3.63. The lowest BCUT2D eigenvalue weighted by molar-refractivity contribution is -0.138. The summed E-state index contributed by atoms with van der Waals surface area (Å²) < 4.78 is 5.40. The summed E-state index contributed by atoms with van der Waals surface area (Å²) in [5, 5.41) is 2.03. The van der Waals surface area contributed by atoms with Crippen molar-refractivity contribution in [1.82, 2.24) is 4.90 Å². The molecule has 112 valence electrons. The number of nitrogens with two attached hydrogens (primary N) is 1. The Morgan fingerprint density at radius 2 is 2.10 bits per heavy atom. The molecule has 5 heteroatoms. The van der Waals surface area contributed by atoms with Gasteiger partial charge in [-0.15, -0.1) is 11.3 Å². The first-order chi connectivity index (χ1) is 10.2. The molecule has 1 fully saturated rings. The van der Waals surface area contributed by atoms with Crippen molar-refractivity contribution in [3.63, 3.8) is 0 Å². The normalized spacial score (nSPS) is 17.0. The minimum Gasteiger partial charge on any atom is -0.467 e. The van der Waals surface area contributed by atoms with E-state index in [2.05, 4.69) is 0 Å². The van der Waals surface area contributed by atoms with Crippen molar-refractivity contribution in [2.24, 2.45) is 5.73 Å². The summed E-state index contributed by atoms with van der Waals surface area (Å²) in [5.41, 5.74) is 5.65. The van der Waals surface area contributed by atoms with E-state index in [0.717, 1.165) is 36.3 Å². The van der Waals surface area contributed by atoms with Crippen LogP contribution in [0.3, 0.4) is 0 Å². The van der Waals surface area contributed by atoms with Crippen LogP contribution in [0.25, 0.3) is 0 Å². The van der Waals surface area contributed by atoms with Crippen LogP contribution in [0.4, 0.5) is 0 Å². The van der Waals surface area contributed by atoms with E-state index < -0.39 is 5.54 Å². The highest BCUT2D eigenvalue weighted by molar-refractivity contribution is 7.09. The Labute approximate surface area is 128 Å². The van der Waals surface area contributed by atoms with Crippen LogP contribution in [0.5, 0.6) is 0 Å². The van der Waals surface area contributed by atoms with Crippen molar-refractivity contribution in [2.75, 3.05) is 0 Å². The number of hydrogen-bond acceptors (Lipinski definition) is 4. The smallest absolute Gasteiger partial charge is 0.243 e. The maximum atomic E-state index is 12.9. The molecule has 0 bridgehead atoms. The molecule has 21 heavy (non-hydrogen) atoms. The molecule has 1 saturated carbocycles. The third-order valence-electron chi connectivity index (χ3n) is 4.06. The van der Waals surface area contributed by atoms with Crippen molar-refractivity contribution in [3.8, 4) is 0 Å². The molecule has 0 aromatic carbocycles. The monoisotopic (exact) mass is 304 g/mol. The molecule has 0 aliphatic heterocycles. The topological polar surface area (TPSA) is 59.5 Å². The van der Waals surface area contributed by atoms with Crippen LogP contribution in [0.1, 0.15) is 36.3 Å². The average Bonchev–Trinajstić information content (AvgIpc) is 3.20. The van der Waals surface area contributed by atoms with Crippen molar-refractivity contribution in [1.29, 1.82) is 0 Å². The number of carbonyl (C=O) groups is 1. The van der Waals surface area contributed by atoms with Gasteiger partial charge >= 0.3 is 0 Å². The Morgan fingerprint density at radius 3 is 2.71 bits per heavy atom. The molecule has 0 radical (unpaired) electrons. The number of hydrogen-bond donors (Lipinski definition) is 1. The minimum atomic E-state index is -0.691. The molecule has 2 aromatic rings. The molecule has 0 spiro atoms. The Bertz CT molecular complexity index is 535. The van der Waals surface area contributed by atoms with Gasteiger partial charge in [0, 0.05) is 4.88 Å². The molecule has 1 aliphatic rings. The van der Waals surface area contributed by atoms with E-state index in [-0.39, 0.29) is 5.91 Å². The lowest BCUT2D eigenvalue weighted by Crippen LogP contribution is -2.53. The number of thiophene rings is 1. The Kier molecular flexibility index (Phi) is 4.12. The molecular weight excluding hydrogens is 284 g/mol.